The molecule has 3 aromatic rings. The van der Waals surface area contributed by atoms with Crippen molar-refractivity contribution in [3.05, 3.63) is 59.2 Å². The molecule has 1 saturated heterocycles. The first kappa shape index (κ1) is 16.4. The molecule has 0 radical (unpaired) electrons. The molecule has 0 aliphatic carbocycles. The highest BCUT2D eigenvalue weighted by Gasteiger charge is 2.31. The second-order valence-electron chi connectivity index (χ2n) is 6.82. The molecule has 1 aliphatic rings. The summed E-state index contributed by atoms with van der Waals surface area (Å²) in [6, 6.07) is 8.02. The topological polar surface area (TPSA) is 92.8 Å². The van der Waals surface area contributed by atoms with E-state index >= 15 is 0 Å². The number of carbonyl (C=O) groups is 1. The molecule has 2 aromatic heterocycles. The van der Waals surface area contributed by atoms with Crippen LogP contribution in [-0.2, 0) is 0 Å². The Hall–Kier alpha value is -3.09. The van der Waals surface area contributed by atoms with Crippen molar-refractivity contribution in [3.63, 3.8) is 0 Å². The summed E-state index contributed by atoms with van der Waals surface area (Å²) in [5.74, 6) is 0.219. The number of amides is 1. The Balaban J connectivity index is 1.57. The molecule has 1 aliphatic heterocycles. The molecule has 1 amide bonds. The number of likely N-dealkylation sites (tertiary alicyclic amines) is 1. The van der Waals surface area contributed by atoms with E-state index in [1.807, 2.05) is 47.7 Å². The summed E-state index contributed by atoms with van der Waals surface area (Å²) < 4.78 is 1.84. The van der Waals surface area contributed by atoms with Gasteiger partial charge in [-0.25, -0.2) is 4.68 Å². The summed E-state index contributed by atoms with van der Waals surface area (Å²) in [6.45, 7) is 5.32. The normalized spacial score (nSPS) is 17.0. The van der Waals surface area contributed by atoms with Gasteiger partial charge in [0.2, 0.25) is 0 Å². The Bertz CT molecular complexity index is 957. The molecule has 7 heteroatoms. The van der Waals surface area contributed by atoms with Crippen molar-refractivity contribution >= 4 is 11.6 Å². The number of nitrogen functional groups attached to an aromatic ring is 1. The Kier molecular flexibility index (Phi) is 3.99. The number of nitrogens with one attached hydrogen (secondary N) is 1. The predicted octanol–water partition coefficient (Wildman–Crippen LogP) is 2.42. The molecule has 4 rings (SSSR count). The smallest absolute Gasteiger partial charge is 0.257 e. The van der Waals surface area contributed by atoms with Gasteiger partial charge in [-0.3, -0.25) is 9.89 Å². The molecule has 1 atom stereocenters. The van der Waals surface area contributed by atoms with E-state index in [4.69, 9.17) is 5.73 Å². The van der Waals surface area contributed by atoms with Gasteiger partial charge in [-0.1, -0.05) is 18.2 Å². The van der Waals surface area contributed by atoms with E-state index in [0.29, 0.717) is 24.3 Å². The summed E-state index contributed by atoms with van der Waals surface area (Å²) in [5, 5.41) is 11.4. The zero-order valence-electron chi connectivity index (χ0n) is 14.9. The quantitative estimate of drug-likeness (QED) is 0.759. The number of anilines is 1. The fourth-order valence-electron chi connectivity index (χ4n) is 3.65. The average molecular weight is 350 g/mol. The number of para-hydroxylation sites is 1. The van der Waals surface area contributed by atoms with Gasteiger partial charge in [0, 0.05) is 19.0 Å². The minimum absolute atomic E-state index is 0.0166. The van der Waals surface area contributed by atoms with Gasteiger partial charge in [-0.2, -0.15) is 10.2 Å². The van der Waals surface area contributed by atoms with Crippen molar-refractivity contribution in [2.45, 2.75) is 26.2 Å². The molecule has 1 unspecified atom stereocenters. The highest BCUT2D eigenvalue weighted by atomic mass is 16.2. The van der Waals surface area contributed by atoms with Crippen LogP contribution >= 0.6 is 0 Å². The second kappa shape index (κ2) is 6.33. The lowest BCUT2D eigenvalue weighted by atomic mass is 10.0. The van der Waals surface area contributed by atoms with Gasteiger partial charge in [-0.15, -0.1) is 0 Å². The first-order valence-corrected chi connectivity index (χ1v) is 8.75. The van der Waals surface area contributed by atoms with Gasteiger partial charge in [0.25, 0.3) is 5.91 Å². The molecule has 0 spiro atoms. The molecule has 1 fully saturated rings. The number of carbonyl (C=O) groups excluding carboxylic acids is 1. The van der Waals surface area contributed by atoms with Crippen LogP contribution in [0.2, 0.25) is 0 Å². The third-order valence-corrected chi connectivity index (χ3v) is 5.17. The summed E-state index contributed by atoms with van der Waals surface area (Å²) in [4.78, 5) is 14.9. The number of H-pyrrole nitrogens is 1. The van der Waals surface area contributed by atoms with Crippen molar-refractivity contribution in [2.75, 3.05) is 18.8 Å². The predicted molar refractivity (Wildman–Crippen MR) is 99.3 cm³/mol. The fraction of sp³-hybridized carbons (Fsp3) is 0.316. The molecule has 3 N–H and O–H groups in total. The van der Waals surface area contributed by atoms with E-state index in [1.54, 1.807) is 12.4 Å². The van der Waals surface area contributed by atoms with Crippen molar-refractivity contribution < 1.29 is 4.79 Å². The van der Waals surface area contributed by atoms with E-state index in [-0.39, 0.29) is 11.8 Å². The Morgan fingerprint density at radius 1 is 1.27 bits per heavy atom. The van der Waals surface area contributed by atoms with Gasteiger partial charge < -0.3 is 10.6 Å². The fourth-order valence-corrected chi connectivity index (χ4v) is 3.65. The molecule has 3 heterocycles. The maximum absolute atomic E-state index is 13.0. The SMILES string of the molecule is Cc1ccccc1-n1ncc(C(=O)N2CCC(c3[nH]ncc3N)C2)c1C. The van der Waals surface area contributed by atoms with Gasteiger partial charge in [-0.05, 0) is 31.9 Å². The van der Waals surface area contributed by atoms with Gasteiger partial charge in [0.05, 0.1) is 40.7 Å². The van der Waals surface area contributed by atoms with Crippen LogP contribution in [0.5, 0.6) is 0 Å². The number of hydrogen-bond acceptors (Lipinski definition) is 4. The Morgan fingerprint density at radius 3 is 2.81 bits per heavy atom. The Morgan fingerprint density at radius 2 is 2.08 bits per heavy atom. The molecule has 26 heavy (non-hydrogen) atoms. The standard InChI is InChI=1S/C19H22N6O/c1-12-5-3-4-6-17(12)25-13(2)15(9-22-25)19(26)24-8-7-14(11-24)18-16(20)10-21-23-18/h3-6,9-10,14H,7-8,11,20H2,1-2H3,(H,21,23). The molecule has 1 aromatic carbocycles. The van der Waals surface area contributed by atoms with Gasteiger partial charge in [0.1, 0.15) is 0 Å². The van der Waals surface area contributed by atoms with Gasteiger partial charge >= 0.3 is 0 Å². The van der Waals surface area contributed by atoms with Crippen LogP contribution in [0.15, 0.2) is 36.7 Å². The van der Waals surface area contributed by atoms with E-state index in [2.05, 4.69) is 15.3 Å². The first-order chi connectivity index (χ1) is 12.6. The summed E-state index contributed by atoms with van der Waals surface area (Å²) >= 11 is 0. The monoisotopic (exact) mass is 350 g/mol. The minimum atomic E-state index is 0.0166. The van der Waals surface area contributed by atoms with Crippen LogP contribution in [0, 0.1) is 13.8 Å². The zero-order chi connectivity index (χ0) is 18.3. The molecule has 134 valence electrons. The van der Waals surface area contributed by atoms with Crippen LogP contribution in [0.25, 0.3) is 5.69 Å². The summed E-state index contributed by atoms with van der Waals surface area (Å²) in [7, 11) is 0. The maximum Gasteiger partial charge on any atom is 0.257 e. The minimum Gasteiger partial charge on any atom is -0.396 e. The molecule has 0 bridgehead atoms. The molecule has 7 nitrogen and oxygen atoms in total. The highest BCUT2D eigenvalue weighted by molar-refractivity contribution is 5.95. The lowest BCUT2D eigenvalue weighted by Crippen LogP contribution is -2.29. The van der Waals surface area contributed by atoms with Crippen molar-refractivity contribution in [1.82, 2.24) is 24.9 Å². The van der Waals surface area contributed by atoms with Crippen LogP contribution in [0.4, 0.5) is 5.69 Å². The number of nitrogens with two attached hydrogens (primary N) is 1. The number of aromatic nitrogens is 4. The third kappa shape index (κ3) is 2.65. The van der Waals surface area contributed by atoms with Crippen molar-refractivity contribution in [1.29, 1.82) is 0 Å². The number of rotatable bonds is 3. The molecule has 0 saturated carbocycles. The number of nitrogens with zero attached hydrogens (tertiary/aromatic N) is 4. The average Bonchev–Trinajstić information content (AvgIpc) is 3.35. The number of benzene rings is 1. The number of aromatic amines is 1. The molecular formula is C19H22N6O. The second-order valence-corrected chi connectivity index (χ2v) is 6.82. The van der Waals surface area contributed by atoms with Crippen LogP contribution < -0.4 is 5.73 Å². The van der Waals surface area contributed by atoms with E-state index in [0.717, 1.165) is 29.1 Å². The number of hydrogen-bond donors (Lipinski definition) is 2. The van der Waals surface area contributed by atoms with E-state index < -0.39 is 0 Å². The van der Waals surface area contributed by atoms with Gasteiger partial charge in [0.15, 0.2) is 0 Å². The van der Waals surface area contributed by atoms with Crippen LogP contribution in [0.3, 0.4) is 0 Å². The third-order valence-electron chi connectivity index (χ3n) is 5.17. The lowest BCUT2D eigenvalue weighted by molar-refractivity contribution is 0.0790. The van der Waals surface area contributed by atoms with Crippen LogP contribution in [-0.4, -0.2) is 43.9 Å². The largest absolute Gasteiger partial charge is 0.396 e. The van der Waals surface area contributed by atoms with Crippen molar-refractivity contribution in [2.24, 2.45) is 0 Å². The summed E-state index contributed by atoms with van der Waals surface area (Å²) in [5.41, 5.74) is 11.1. The van der Waals surface area contributed by atoms with E-state index in [9.17, 15) is 4.79 Å². The Labute approximate surface area is 151 Å². The maximum atomic E-state index is 13.0. The van der Waals surface area contributed by atoms with E-state index in [1.165, 1.54) is 0 Å². The number of aryl methyl sites for hydroxylation is 1. The summed E-state index contributed by atoms with van der Waals surface area (Å²) in [6.07, 6.45) is 4.17. The molecular weight excluding hydrogens is 328 g/mol. The van der Waals surface area contributed by atoms with Crippen LogP contribution in [0.1, 0.15) is 39.6 Å². The highest BCUT2D eigenvalue weighted by Crippen LogP contribution is 2.30. The lowest BCUT2D eigenvalue weighted by Gasteiger charge is -2.16. The zero-order valence-corrected chi connectivity index (χ0v) is 14.9. The first-order valence-electron chi connectivity index (χ1n) is 8.75. The van der Waals surface area contributed by atoms with Crippen molar-refractivity contribution in [3.8, 4) is 5.69 Å².